The van der Waals surface area contributed by atoms with Crippen molar-refractivity contribution < 1.29 is 0 Å². The van der Waals surface area contributed by atoms with Crippen molar-refractivity contribution in [3.8, 4) is 0 Å². The van der Waals surface area contributed by atoms with Crippen LogP contribution in [0, 0.1) is 13.8 Å². The van der Waals surface area contributed by atoms with Gasteiger partial charge in [0, 0.05) is 11.5 Å². The second kappa shape index (κ2) is 5.79. The number of aryl methyl sites for hydroxylation is 2. The molecule has 0 aliphatic rings. The maximum absolute atomic E-state index is 11.7. The number of aromatic nitrogens is 4. The Morgan fingerprint density at radius 2 is 1.87 bits per heavy atom. The zero-order valence-electron chi connectivity index (χ0n) is 13.6. The summed E-state index contributed by atoms with van der Waals surface area (Å²) in [6, 6.07) is 7.54. The van der Waals surface area contributed by atoms with E-state index >= 15 is 0 Å². The van der Waals surface area contributed by atoms with Crippen LogP contribution in [0.3, 0.4) is 0 Å². The van der Waals surface area contributed by atoms with E-state index in [9.17, 15) is 4.79 Å². The Balaban J connectivity index is 2.02. The van der Waals surface area contributed by atoms with Crippen molar-refractivity contribution >= 4 is 22.8 Å². The quantitative estimate of drug-likeness (QED) is 0.776. The molecule has 23 heavy (non-hydrogen) atoms. The Hall–Kier alpha value is -2.76. The molecule has 0 aliphatic carbocycles. The number of aromatic amines is 1. The number of nitrogens with zero attached hydrogens (tertiary/aromatic N) is 3. The van der Waals surface area contributed by atoms with E-state index in [0.717, 1.165) is 22.3 Å². The van der Waals surface area contributed by atoms with Crippen LogP contribution >= 0.6 is 0 Å². The molecular weight excluding hydrogens is 290 g/mol. The first kappa shape index (κ1) is 15.1. The predicted octanol–water partition coefficient (Wildman–Crippen LogP) is 3.20. The van der Waals surface area contributed by atoms with Crippen LogP contribution in [-0.4, -0.2) is 19.9 Å². The van der Waals surface area contributed by atoms with Crippen LogP contribution in [-0.2, 0) is 0 Å². The molecule has 118 valence electrons. The fourth-order valence-corrected chi connectivity index (χ4v) is 2.39. The Bertz CT molecular complexity index is 930. The summed E-state index contributed by atoms with van der Waals surface area (Å²) in [4.78, 5) is 27.8. The number of benzene rings is 1. The standard InChI is InChI=1S/C17H19N5O/c1-9(2)14-8-15(23)21-17(20-14)22-16-18-11(4)12-7-10(3)5-6-13(12)19-16/h5-9H,1-4H3,(H2,18,19,20,21,22,23). The maximum atomic E-state index is 11.7. The third kappa shape index (κ3) is 3.21. The van der Waals surface area contributed by atoms with E-state index in [1.807, 2.05) is 39.8 Å². The molecule has 3 aromatic rings. The highest BCUT2D eigenvalue weighted by molar-refractivity contribution is 5.82. The largest absolute Gasteiger partial charge is 0.294 e. The first-order valence-electron chi connectivity index (χ1n) is 7.55. The lowest BCUT2D eigenvalue weighted by atomic mass is 10.1. The molecule has 0 unspecified atom stereocenters. The van der Waals surface area contributed by atoms with Crippen LogP contribution < -0.4 is 10.9 Å². The molecule has 1 aromatic carbocycles. The topological polar surface area (TPSA) is 83.6 Å². The number of rotatable bonds is 3. The predicted molar refractivity (Wildman–Crippen MR) is 91.2 cm³/mol. The van der Waals surface area contributed by atoms with Crippen LogP contribution in [0.25, 0.3) is 10.9 Å². The SMILES string of the molecule is Cc1ccc2nc(Nc3nc(C(C)C)cc(=O)[nH]3)nc(C)c2c1. The van der Waals surface area contributed by atoms with Gasteiger partial charge in [-0.3, -0.25) is 15.1 Å². The third-order valence-electron chi connectivity index (χ3n) is 3.63. The summed E-state index contributed by atoms with van der Waals surface area (Å²) >= 11 is 0. The molecule has 0 saturated carbocycles. The van der Waals surface area contributed by atoms with Crippen LogP contribution in [0.2, 0.25) is 0 Å². The minimum absolute atomic E-state index is 0.167. The lowest BCUT2D eigenvalue weighted by Crippen LogP contribution is -2.13. The molecule has 0 amide bonds. The number of H-pyrrole nitrogens is 1. The van der Waals surface area contributed by atoms with Gasteiger partial charge in [0.15, 0.2) is 0 Å². The first-order valence-corrected chi connectivity index (χ1v) is 7.55. The third-order valence-corrected chi connectivity index (χ3v) is 3.63. The Kier molecular flexibility index (Phi) is 3.82. The molecule has 0 fully saturated rings. The summed E-state index contributed by atoms with van der Waals surface area (Å²) in [6.07, 6.45) is 0. The number of hydrogen-bond donors (Lipinski definition) is 2. The van der Waals surface area contributed by atoms with Crippen molar-refractivity contribution in [2.75, 3.05) is 5.32 Å². The van der Waals surface area contributed by atoms with Crippen molar-refractivity contribution in [1.29, 1.82) is 0 Å². The van der Waals surface area contributed by atoms with E-state index in [2.05, 4.69) is 31.3 Å². The van der Waals surface area contributed by atoms with Gasteiger partial charge in [-0.05, 0) is 31.9 Å². The number of fused-ring (bicyclic) bond motifs is 1. The summed E-state index contributed by atoms with van der Waals surface area (Å²) in [5, 5.41) is 4.02. The van der Waals surface area contributed by atoms with Crippen LogP contribution in [0.15, 0.2) is 29.1 Å². The van der Waals surface area contributed by atoms with E-state index in [-0.39, 0.29) is 11.5 Å². The summed E-state index contributed by atoms with van der Waals surface area (Å²) in [6.45, 7) is 7.96. The molecule has 0 saturated heterocycles. The molecule has 0 radical (unpaired) electrons. The van der Waals surface area contributed by atoms with Gasteiger partial charge < -0.3 is 0 Å². The average Bonchev–Trinajstić information content (AvgIpc) is 2.47. The number of anilines is 2. The fraction of sp³-hybridized carbons (Fsp3) is 0.294. The fourth-order valence-electron chi connectivity index (χ4n) is 2.39. The maximum Gasteiger partial charge on any atom is 0.252 e. The molecule has 0 aliphatic heterocycles. The van der Waals surface area contributed by atoms with Gasteiger partial charge in [0.1, 0.15) is 0 Å². The highest BCUT2D eigenvalue weighted by Crippen LogP contribution is 2.20. The minimum Gasteiger partial charge on any atom is -0.294 e. The van der Waals surface area contributed by atoms with Gasteiger partial charge in [-0.15, -0.1) is 0 Å². The zero-order chi connectivity index (χ0) is 16.6. The first-order chi connectivity index (χ1) is 10.9. The highest BCUT2D eigenvalue weighted by Gasteiger charge is 2.09. The van der Waals surface area contributed by atoms with Crippen molar-refractivity contribution in [3.05, 3.63) is 51.6 Å². The van der Waals surface area contributed by atoms with Crippen molar-refractivity contribution in [1.82, 2.24) is 19.9 Å². The Morgan fingerprint density at radius 3 is 2.61 bits per heavy atom. The van der Waals surface area contributed by atoms with Gasteiger partial charge in [-0.25, -0.2) is 15.0 Å². The van der Waals surface area contributed by atoms with Crippen LogP contribution in [0.5, 0.6) is 0 Å². The van der Waals surface area contributed by atoms with Gasteiger partial charge in [0.25, 0.3) is 5.56 Å². The zero-order valence-corrected chi connectivity index (χ0v) is 13.6. The van der Waals surface area contributed by atoms with Gasteiger partial charge in [0.2, 0.25) is 11.9 Å². The van der Waals surface area contributed by atoms with Crippen LogP contribution in [0.4, 0.5) is 11.9 Å². The van der Waals surface area contributed by atoms with E-state index in [1.165, 1.54) is 11.6 Å². The van der Waals surface area contributed by atoms with E-state index < -0.39 is 0 Å². The summed E-state index contributed by atoms with van der Waals surface area (Å²) in [5.41, 5.74) is 3.43. The Morgan fingerprint density at radius 1 is 1.09 bits per heavy atom. The molecule has 0 atom stereocenters. The van der Waals surface area contributed by atoms with Gasteiger partial charge in [-0.1, -0.05) is 25.5 Å². The molecule has 6 heteroatoms. The molecule has 6 nitrogen and oxygen atoms in total. The van der Waals surface area contributed by atoms with Crippen molar-refractivity contribution in [2.24, 2.45) is 0 Å². The van der Waals surface area contributed by atoms with Crippen molar-refractivity contribution in [3.63, 3.8) is 0 Å². The monoisotopic (exact) mass is 309 g/mol. The van der Waals surface area contributed by atoms with Crippen LogP contribution in [0.1, 0.15) is 36.7 Å². The molecule has 2 N–H and O–H groups in total. The molecule has 0 spiro atoms. The molecule has 2 heterocycles. The minimum atomic E-state index is -0.195. The normalized spacial score (nSPS) is 11.2. The average molecular weight is 309 g/mol. The van der Waals surface area contributed by atoms with Gasteiger partial charge >= 0.3 is 0 Å². The number of hydrogen-bond acceptors (Lipinski definition) is 5. The van der Waals surface area contributed by atoms with Gasteiger partial charge in [0.05, 0.1) is 16.9 Å². The van der Waals surface area contributed by atoms with Gasteiger partial charge in [-0.2, -0.15) is 0 Å². The smallest absolute Gasteiger partial charge is 0.252 e. The lowest BCUT2D eigenvalue weighted by molar-refractivity contribution is 0.811. The highest BCUT2D eigenvalue weighted by atomic mass is 16.1. The molecular formula is C17H19N5O. The van der Waals surface area contributed by atoms with E-state index in [4.69, 9.17) is 0 Å². The van der Waals surface area contributed by atoms with E-state index in [1.54, 1.807) is 0 Å². The number of nitrogens with one attached hydrogen (secondary N) is 2. The summed E-state index contributed by atoms with van der Waals surface area (Å²) in [7, 11) is 0. The summed E-state index contributed by atoms with van der Waals surface area (Å²) < 4.78 is 0. The summed E-state index contributed by atoms with van der Waals surface area (Å²) in [5.74, 6) is 0.940. The molecule has 3 rings (SSSR count). The molecule has 2 aromatic heterocycles. The van der Waals surface area contributed by atoms with E-state index in [0.29, 0.717) is 11.9 Å². The Labute approximate surface area is 134 Å². The van der Waals surface area contributed by atoms with Crippen molar-refractivity contribution in [2.45, 2.75) is 33.6 Å². The second-order valence-electron chi connectivity index (χ2n) is 5.95. The second-order valence-corrected chi connectivity index (χ2v) is 5.95. The lowest BCUT2D eigenvalue weighted by Gasteiger charge is -2.09. The molecule has 0 bridgehead atoms.